The summed E-state index contributed by atoms with van der Waals surface area (Å²) in [5, 5.41) is 0.940. The number of imidazole rings is 1. The first-order valence-corrected chi connectivity index (χ1v) is 10.6. The zero-order valence-electron chi connectivity index (χ0n) is 17.0. The van der Waals surface area contributed by atoms with E-state index in [-0.39, 0.29) is 11.2 Å². The first-order valence-electron chi connectivity index (χ1n) is 10.6. The third-order valence-corrected chi connectivity index (χ3v) is 6.58. The van der Waals surface area contributed by atoms with Crippen molar-refractivity contribution in [2.24, 2.45) is 5.73 Å². The van der Waals surface area contributed by atoms with Crippen LogP contribution in [0.1, 0.15) is 24.8 Å². The number of nitrogens with one attached hydrogen (secondary N) is 1. The first kappa shape index (κ1) is 18.1. The summed E-state index contributed by atoms with van der Waals surface area (Å²) in [6.45, 7) is 0. The van der Waals surface area contributed by atoms with Gasteiger partial charge in [0.2, 0.25) is 0 Å². The molecule has 1 aliphatic rings. The van der Waals surface area contributed by atoms with Crippen LogP contribution in [0.5, 0.6) is 0 Å². The van der Waals surface area contributed by atoms with Crippen molar-refractivity contribution in [3.63, 3.8) is 0 Å². The van der Waals surface area contributed by atoms with Crippen molar-refractivity contribution in [1.29, 1.82) is 0 Å². The van der Waals surface area contributed by atoms with Crippen molar-refractivity contribution in [2.45, 2.75) is 24.8 Å². The second kappa shape index (κ2) is 6.65. The molecule has 3 aromatic heterocycles. The van der Waals surface area contributed by atoms with E-state index in [1.54, 1.807) is 16.8 Å². The molecule has 0 radical (unpaired) electrons. The molecule has 0 aliphatic heterocycles. The van der Waals surface area contributed by atoms with E-state index in [0.717, 1.165) is 51.6 Å². The van der Waals surface area contributed by atoms with E-state index >= 15 is 0 Å². The van der Waals surface area contributed by atoms with E-state index in [0.29, 0.717) is 0 Å². The smallest absolute Gasteiger partial charge is 0.321 e. The van der Waals surface area contributed by atoms with Crippen LogP contribution in [0.2, 0.25) is 0 Å². The molecule has 3 heterocycles. The molecular formula is C26H22N4O. The maximum atomic E-state index is 12.1. The van der Waals surface area contributed by atoms with Crippen molar-refractivity contribution in [3.05, 3.63) is 95.2 Å². The zero-order valence-corrected chi connectivity index (χ0v) is 17.0. The molecule has 5 heteroatoms. The number of nitrogens with two attached hydrogens (primary N) is 1. The van der Waals surface area contributed by atoms with Crippen LogP contribution in [0.15, 0.2) is 83.9 Å². The predicted molar refractivity (Wildman–Crippen MR) is 124 cm³/mol. The molecule has 3 N–H and O–H groups in total. The van der Waals surface area contributed by atoms with Gasteiger partial charge in [0.1, 0.15) is 0 Å². The summed E-state index contributed by atoms with van der Waals surface area (Å²) < 4.78 is 1.62. The molecule has 0 atom stereocenters. The van der Waals surface area contributed by atoms with Gasteiger partial charge in [0.05, 0.1) is 16.7 Å². The highest BCUT2D eigenvalue weighted by molar-refractivity contribution is 5.99. The van der Waals surface area contributed by atoms with Gasteiger partial charge in [-0.05, 0) is 42.5 Å². The highest BCUT2D eigenvalue weighted by Crippen LogP contribution is 2.40. The molecule has 0 spiro atoms. The number of H-pyrrole nitrogens is 1. The van der Waals surface area contributed by atoms with Crippen LogP contribution >= 0.6 is 0 Å². The van der Waals surface area contributed by atoms with Gasteiger partial charge < -0.3 is 10.7 Å². The number of fused-ring (bicyclic) bond motifs is 3. The van der Waals surface area contributed by atoms with Gasteiger partial charge in [-0.2, -0.15) is 0 Å². The molecule has 1 fully saturated rings. The van der Waals surface area contributed by atoms with Gasteiger partial charge >= 0.3 is 5.69 Å². The molecule has 0 saturated heterocycles. The van der Waals surface area contributed by atoms with Crippen LogP contribution in [0.25, 0.3) is 38.8 Å². The molecule has 31 heavy (non-hydrogen) atoms. The fraction of sp³-hybridized carbons (Fsp3) is 0.154. The molecular weight excluding hydrogens is 384 g/mol. The first-order chi connectivity index (χ1) is 15.1. The van der Waals surface area contributed by atoms with E-state index < -0.39 is 0 Å². The van der Waals surface area contributed by atoms with Gasteiger partial charge in [0, 0.05) is 34.4 Å². The number of hydrogen-bond acceptors (Lipinski definition) is 3. The largest absolute Gasteiger partial charge is 0.330 e. The van der Waals surface area contributed by atoms with Crippen LogP contribution in [-0.4, -0.2) is 14.4 Å². The quantitative estimate of drug-likeness (QED) is 0.450. The van der Waals surface area contributed by atoms with Crippen molar-refractivity contribution < 1.29 is 0 Å². The lowest BCUT2D eigenvalue weighted by Crippen LogP contribution is -2.43. The van der Waals surface area contributed by atoms with Gasteiger partial charge in [0.15, 0.2) is 0 Å². The Hall–Kier alpha value is -3.70. The SMILES string of the molecule is NC1(c2ccc(-c3nc4ccn5c(=O)[nH]cc5c4cc3-c3ccccc3)cc2)CCC1. The Morgan fingerprint density at radius 2 is 1.74 bits per heavy atom. The number of hydrogen-bond donors (Lipinski definition) is 2. The Morgan fingerprint density at radius 3 is 2.45 bits per heavy atom. The second-order valence-corrected chi connectivity index (χ2v) is 8.44. The molecule has 0 unspecified atom stereocenters. The van der Waals surface area contributed by atoms with Crippen molar-refractivity contribution >= 4 is 16.4 Å². The van der Waals surface area contributed by atoms with Crippen molar-refractivity contribution in [3.8, 4) is 22.4 Å². The molecule has 0 amide bonds. The summed E-state index contributed by atoms with van der Waals surface area (Å²) in [5.41, 5.74) is 13.2. The van der Waals surface area contributed by atoms with Gasteiger partial charge in [-0.25, -0.2) is 9.78 Å². The van der Waals surface area contributed by atoms with E-state index in [9.17, 15) is 4.79 Å². The predicted octanol–water partition coefficient (Wildman–Crippen LogP) is 4.85. The molecule has 0 bridgehead atoms. The highest BCUT2D eigenvalue weighted by atomic mass is 16.1. The highest BCUT2D eigenvalue weighted by Gasteiger charge is 2.34. The maximum Gasteiger partial charge on any atom is 0.330 e. The minimum atomic E-state index is -0.176. The fourth-order valence-corrected chi connectivity index (χ4v) is 4.60. The number of benzene rings is 2. The lowest BCUT2D eigenvalue weighted by molar-refractivity contribution is 0.253. The average Bonchev–Trinajstić information content (AvgIpc) is 3.18. The summed E-state index contributed by atoms with van der Waals surface area (Å²) in [4.78, 5) is 19.9. The van der Waals surface area contributed by atoms with Crippen LogP contribution in [0.4, 0.5) is 0 Å². The Balaban J connectivity index is 1.59. The zero-order chi connectivity index (χ0) is 21.0. The Kier molecular flexibility index (Phi) is 3.88. The van der Waals surface area contributed by atoms with Crippen molar-refractivity contribution in [1.82, 2.24) is 14.4 Å². The summed E-state index contributed by atoms with van der Waals surface area (Å²) in [7, 11) is 0. The molecule has 5 nitrogen and oxygen atoms in total. The van der Waals surface area contributed by atoms with E-state index in [1.165, 1.54) is 12.0 Å². The van der Waals surface area contributed by atoms with Gasteiger partial charge in [-0.1, -0.05) is 54.6 Å². The standard InChI is InChI=1S/C26H22N4O/c27-26(12-4-13-26)19-9-7-18(8-10-19)24-20(17-5-2-1-3-6-17)15-21-22(29-24)11-14-30-23(21)16-28-25(30)31/h1-3,5-11,14-16H,4,12-13,27H2,(H,28,31). The van der Waals surface area contributed by atoms with Crippen LogP contribution in [-0.2, 0) is 5.54 Å². The maximum absolute atomic E-state index is 12.1. The third-order valence-electron chi connectivity index (χ3n) is 6.58. The Labute approximate surface area is 179 Å². The molecule has 5 aromatic rings. The summed E-state index contributed by atoms with van der Waals surface area (Å²) in [6, 6.07) is 22.8. The summed E-state index contributed by atoms with van der Waals surface area (Å²) >= 11 is 0. The molecule has 2 aromatic carbocycles. The summed E-state index contributed by atoms with van der Waals surface area (Å²) in [6.07, 6.45) is 6.80. The van der Waals surface area contributed by atoms with Gasteiger partial charge in [0.25, 0.3) is 0 Å². The number of rotatable bonds is 3. The molecule has 1 aliphatic carbocycles. The fourth-order valence-electron chi connectivity index (χ4n) is 4.60. The number of aromatic nitrogens is 3. The molecule has 1 saturated carbocycles. The Morgan fingerprint density at radius 1 is 0.968 bits per heavy atom. The molecule has 152 valence electrons. The lowest BCUT2D eigenvalue weighted by Gasteiger charge is -2.38. The second-order valence-electron chi connectivity index (χ2n) is 8.44. The van der Waals surface area contributed by atoms with E-state index in [2.05, 4.69) is 47.4 Å². The lowest BCUT2D eigenvalue weighted by atomic mass is 9.72. The van der Waals surface area contributed by atoms with Gasteiger partial charge in [-0.3, -0.25) is 4.40 Å². The normalized spacial score (nSPS) is 15.3. The minimum absolute atomic E-state index is 0.149. The van der Waals surface area contributed by atoms with Crippen LogP contribution in [0.3, 0.4) is 0 Å². The van der Waals surface area contributed by atoms with E-state index in [1.807, 2.05) is 24.3 Å². The monoisotopic (exact) mass is 406 g/mol. The Bertz CT molecular complexity index is 1480. The average molecular weight is 406 g/mol. The summed E-state index contributed by atoms with van der Waals surface area (Å²) in [5.74, 6) is 0. The van der Waals surface area contributed by atoms with E-state index in [4.69, 9.17) is 10.7 Å². The van der Waals surface area contributed by atoms with Crippen LogP contribution in [0, 0.1) is 0 Å². The topological polar surface area (TPSA) is 76.2 Å². The minimum Gasteiger partial charge on any atom is -0.321 e. The van der Waals surface area contributed by atoms with Gasteiger partial charge in [-0.15, -0.1) is 0 Å². The number of aromatic amines is 1. The number of pyridine rings is 2. The number of nitrogens with zero attached hydrogens (tertiary/aromatic N) is 2. The van der Waals surface area contributed by atoms with Crippen molar-refractivity contribution in [2.75, 3.05) is 0 Å². The third kappa shape index (κ3) is 2.81. The molecule has 6 rings (SSSR count). The van der Waals surface area contributed by atoms with Crippen LogP contribution < -0.4 is 11.4 Å².